The second kappa shape index (κ2) is 8.93. The number of carbonyl (C=O) groups is 1. The molecule has 0 saturated carbocycles. The predicted octanol–water partition coefficient (Wildman–Crippen LogP) is 3.75. The van der Waals surface area contributed by atoms with E-state index in [0.29, 0.717) is 36.0 Å². The number of amides is 1. The van der Waals surface area contributed by atoms with Crippen molar-refractivity contribution in [1.29, 1.82) is 0 Å². The zero-order valence-corrected chi connectivity index (χ0v) is 14.2. The zero-order valence-electron chi connectivity index (χ0n) is 14.2. The normalized spacial score (nSPS) is 10.5. The summed E-state index contributed by atoms with van der Waals surface area (Å²) >= 11 is 0. The van der Waals surface area contributed by atoms with Crippen molar-refractivity contribution in [2.75, 3.05) is 25.6 Å². The number of rotatable bonds is 8. The van der Waals surface area contributed by atoms with Gasteiger partial charge in [-0.25, -0.2) is 0 Å². The standard InChI is InChI=1S/C19H23NO4/c1-14(2)24-18-7-5-4-6-17(18)20-19(21)15-8-10-16(11-9-15)23-13-12-22-3/h4-11,14H,12-13H2,1-3H3,(H,20,21). The summed E-state index contributed by atoms with van der Waals surface area (Å²) in [5, 5.41) is 2.88. The highest BCUT2D eigenvalue weighted by Crippen LogP contribution is 2.25. The van der Waals surface area contributed by atoms with Crippen molar-refractivity contribution in [3.05, 3.63) is 54.1 Å². The van der Waals surface area contributed by atoms with E-state index < -0.39 is 0 Å². The third-order valence-electron chi connectivity index (χ3n) is 3.17. The Balaban J connectivity index is 2.02. The molecule has 24 heavy (non-hydrogen) atoms. The highest BCUT2D eigenvalue weighted by Gasteiger charge is 2.10. The van der Waals surface area contributed by atoms with Gasteiger partial charge in [0.15, 0.2) is 0 Å². The Hall–Kier alpha value is -2.53. The maximum atomic E-state index is 12.4. The molecule has 0 aromatic heterocycles. The summed E-state index contributed by atoms with van der Waals surface area (Å²) in [6, 6.07) is 14.4. The van der Waals surface area contributed by atoms with E-state index in [1.165, 1.54) is 0 Å². The Morgan fingerprint density at radius 2 is 1.75 bits per heavy atom. The van der Waals surface area contributed by atoms with E-state index in [1.54, 1.807) is 31.4 Å². The van der Waals surface area contributed by atoms with Gasteiger partial charge in [0.25, 0.3) is 5.91 Å². The average Bonchev–Trinajstić information content (AvgIpc) is 2.57. The molecule has 0 bridgehead atoms. The van der Waals surface area contributed by atoms with Gasteiger partial charge in [-0.15, -0.1) is 0 Å². The van der Waals surface area contributed by atoms with Gasteiger partial charge in [0.1, 0.15) is 18.1 Å². The number of ether oxygens (including phenoxy) is 3. The molecular weight excluding hydrogens is 306 g/mol. The van der Waals surface area contributed by atoms with Crippen LogP contribution in [0.15, 0.2) is 48.5 Å². The molecule has 0 unspecified atom stereocenters. The first kappa shape index (κ1) is 17.8. The fourth-order valence-electron chi connectivity index (χ4n) is 2.07. The lowest BCUT2D eigenvalue weighted by Gasteiger charge is -2.15. The second-order valence-electron chi connectivity index (χ2n) is 5.48. The van der Waals surface area contributed by atoms with E-state index in [9.17, 15) is 4.79 Å². The summed E-state index contributed by atoms with van der Waals surface area (Å²) in [5.41, 5.74) is 1.20. The predicted molar refractivity (Wildman–Crippen MR) is 94.0 cm³/mol. The highest BCUT2D eigenvalue weighted by molar-refractivity contribution is 6.05. The second-order valence-corrected chi connectivity index (χ2v) is 5.48. The van der Waals surface area contributed by atoms with Gasteiger partial charge in [0.2, 0.25) is 0 Å². The van der Waals surface area contributed by atoms with E-state index in [2.05, 4.69) is 5.32 Å². The van der Waals surface area contributed by atoms with Crippen LogP contribution >= 0.6 is 0 Å². The van der Waals surface area contributed by atoms with Crippen LogP contribution in [0.4, 0.5) is 5.69 Å². The van der Waals surface area contributed by atoms with E-state index in [1.807, 2.05) is 38.1 Å². The number of hydrogen-bond acceptors (Lipinski definition) is 4. The van der Waals surface area contributed by atoms with Gasteiger partial charge >= 0.3 is 0 Å². The molecule has 0 fully saturated rings. The number of hydrogen-bond donors (Lipinski definition) is 1. The molecule has 0 aliphatic carbocycles. The van der Waals surface area contributed by atoms with Crippen molar-refractivity contribution in [2.24, 2.45) is 0 Å². The number of benzene rings is 2. The molecule has 0 radical (unpaired) electrons. The molecule has 0 atom stereocenters. The van der Waals surface area contributed by atoms with Crippen LogP contribution in [0.25, 0.3) is 0 Å². The van der Waals surface area contributed by atoms with Crippen molar-refractivity contribution >= 4 is 11.6 Å². The Labute approximate surface area is 142 Å². The number of methoxy groups -OCH3 is 1. The number of nitrogens with one attached hydrogen (secondary N) is 1. The number of anilines is 1. The van der Waals surface area contributed by atoms with Gasteiger partial charge in [-0.2, -0.15) is 0 Å². The van der Waals surface area contributed by atoms with Gasteiger partial charge in [-0.05, 0) is 50.2 Å². The minimum absolute atomic E-state index is 0.0339. The van der Waals surface area contributed by atoms with Crippen LogP contribution in [0.1, 0.15) is 24.2 Å². The minimum atomic E-state index is -0.196. The van der Waals surface area contributed by atoms with E-state index in [4.69, 9.17) is 14.2 Å². The van der Waals surface area contributed by atoms with Crippen LogP contribution in [0.5, 0.6) is 11.5 Å². The molecule has 0 aliphatic heterocycles. The van der Waals surface area contributed by atoms with Crippen molar-refractivity contribution in [1.82, 2.24) is 0 Å². The lowest BCUT2D eigenvalue weighted by molar-refractivity contribution is 0.102. The van der Waals surface area contributed by atoms with Crippen molar-refractivity contribution < 1.29 is 19.0 Å². The summed E-state index contributed by atoms with van der Waals surface area (Å²) in [5.74, 6) is 1.16. The molecule has 2 rings (SSSR count). The Morgan fingerprint density at radius 3 is 2.42 bits per heavy atom. The molecule has 1 N–H and O–H groups in total. The smallest absolute Gasteiger partial charge is 0.255 e. The first-order chi connectivity index (χ1) is 11.6. The molecule has 0 heterocycles. The maximum absolute atomic E-state index is 12.4. The van der Waals surface area contributed by atoms with Crippen molar-refractivity contribution in [3.8, 4) is 11.5 Å². The molecule has 5 nitrogen and oxygen atoms in total. The van der Waals surface area contributed by atoms with Crippen LogP contribution in [0, 0.1) is 0 Å². The number of para-hydroxylation sites is 2. The highest BCUT2D eigenvalue weighted by atomic mass is 16.5. The van der Waals surface area contributed by atoms with Crippen molar-refractivity contribution in [2.45, 2.75) is 20.0 Å². The SMILES string of the molecule is COCCOc1ccc(C(=O)Nc2ccccc2OC(C)C)cc1. The lowest BCUT2D eigenvalue weighted by atomic mass is 10.2. The fourth-order valence-corrected chi connectivity index (χ4v) is 2.07. The largest absolute Gasteiger partial charge is 0.491 e. The molecule has 0 spiro atoms. The van der Waals surface area contributed by atoms with Gasteiger partial charge in [0, 0.05) is 12.7 Å². The molecule has 2 aromatic rings. The van der Waals surface area contributed by atoms with E-state index >= 15 is 0 Å². The monoisotopic (exact) mass is 329 g/mol. The van der Waals surface area contributed by atoms with Crippen LogP contribution in [0.3, 0.4) is 0 Å². The fraction of sp³-hybridized carbons (Fsp3) is 0.316. The van der Waals surface area contributed by atoms with Crippen LogP contribution in [0.2, 0.25) is 0 Å². The summed E-state index contributed by atoms with van der Waals surface area (Å²) in [7, 11) is 1.62. The van der Waals surface area contributed by atoms with Crippen LogP contribution in [-0.4, -0.2) is 32.3 Å². The first-order valence-electron chi connectivity index (χ1n) is 7.89. The van der Waals surface area contributed by atoms with Gasteiger partial charge in [-0.1, -0.05) is 12.1 Å². The molecule has 2 aromatic carbocycles. The summed E-state index contributed by atoms with van der Waals surface area (Å²) in [6.45, 7) is 4.89. The molecule has 128 valence electrons. The minimum Gasteiger partial charge on any atom is -0.491 e. The molecule has 1 amide bonds. The third-order valence-corrected chi connectivity index (χ3v) is 3.17. The van der Waals surface area contributed by atoms with E-state index in [-0.39, 0.29) is 12.0 Å². The summed E-state index contributed by atoms with van der Waals surface area (Å²) < 4.78 is 16.1. The molecular formula is C19H23NO4. The topological polar surface area (TPSA) is 56.8 Å². The Kier molecular flexibility index (Phi) is 6.63. The first-order valence-corrected chi connectivity index (χ1v) is 7.89. The number of carbonyl (C=O) groups excluding carboxylic acids is 1. The molecule has 5 heteroatoms. The lowest BCUT2D eigenvalue weighted by Crippen LogP contribution is -2.14. The van der Waals surface area contributed by atoms with Crippen LogP contribution < -0.4 is 14.8 Å². The molecule has 0 saturated heterocycles. The third kappa shape index (κ3) is 5.28. The van der Waals surface area contributed by atoms with Crippen LogP contribution in [-0.2, 0) is 4.74 Å². The van der Waals surface area contributed by atoms with Gasteiger partial charge in [0.05, 0.1) is 18.4 Å². The van der Waals surface area contributed by atoms with Gasteiger partial charge < -0.3 is 19.5 Å². The Morgan fingerprint density at radius 1 is 1.04 bits per heavy atom. The zero-order chi connectivity index (χ0) is 17.4. The molecule has 0 aliphatic rings. The average molecular weight is 329 g/mol. The maximum Gasteiger partial charge on any atom is 0.255 e. The summed E-state index contributed by atoms with van der Waals surface area (Å²) in [6.07, 6.45) is 0.0339. The van der Waals surface area contributed by atoms with Gasteiger partial charge in [-0.3, -0.25) is 4.79 Å². The quantitative estimate of drug-likeness (QED) is 0.749. The Bertz CT molecular complexity index is 653. The summed E-state index contributed by atoms with van der Waals surface area (Å²) in [4.78, 5) is 12.4. The van der Waals surface area contributed by atoms with Crippen molar-refractivity contribution in [3.63, 3.8) is 0 Å². The van der Waals surface area contributed by atoms with E-state index in [0.717, 1.165) is 0 Å².